The fourth-order valence-corrected chi connectivity index (χ4v) is 0. The van der Waals surface area contributed by atoms with Gasteiger partial charge in [0.2, 0.25) is 0 Å². The minimum Gasteiger partial charge on any atom is -1.00 e. The van der Waals surface area contributed by atoms with Crippen LogP contribution < -0.4 is 29.6 Å². The summed E-state index contributed by atoms with van der Waals surface area (Å²) in [6.07, 6.45) is 0. The van der Waals surface area contributed by atoms with Crippen LogP contribution in [-0.4, -0.2) is 0 Å². The van der Waals surface area contributed by atoms with Crippen molar-refractivity contribution < 1.29 is 74.5 Å². The van der Waals surface area contributed by atoms with Crippen LogP contribution in [0, 0.1) is 39.9 Å². The molecule has 0 aliphatic carbocycles. The molecule has 0 N–H and O–H groups in total. The summed E-state index contributed by atoms with van der Waals surface area (Å²) in [6, 6.07) is 0. The van der Waals surface area contributed by atoms with Crippen molar-refractivity contribution in [2.45, 2.75) is 0 Å². The van der Waals surface area contributed by atoms with Crippen LogP contribution in [0.3, 0.4) is 0 Å². The summed E-state index contributed by atoms with van der Waals surface area (Å²) in [5.41, 5.74) is 0. The topological polar surface area (TPSA) is 0 Å². The second-order valence-electron chi connectivity index (χ2n) is 0. The zero-order chi connectivity index (χ0) is 2.00. The summed E-state index contributed by atoms with van der Waals surface area (Å²) < 4.78 is 9.31. The van der Waals surface area contributed by atoms with Crippen LogP contribution in [0.1, 0.15) is 1.43 Å². The molecule has 0 amide bonds. The summed E-state index contributed by atoms with van der Waals surface area (Å²) in [7, 11) is 0. The molecule has 0 aromatic heterocycles. The molecule has 0 unspecified atom stereocenters. The first-order valence-electron chi connectivity index (χ1n) is 0.143. The summed E-state index contributed by atoms with van der Waals surface area (Å²) >= 11 is 1.44. The predicted octanol–water partition coefficient (Wildman–Crippen LogP) is -1.62. The molecule has 0 rings (SSSR count). The smallest absolute Gasteiger partial charge is 1.00 e. The monoisotopic (exact) mass is 280 g/mol. The largest absolute Gasteiger partial charge is 1.00 e. The Morgan fingerprint density at radius 2 is 1.50 bits per heavy atom. The predicted molar refractivity (Wildman–Crippen MR) is 11.1 cm³/mol. The van der Waals surface area contributed by atoms with Crippen LogP contribution in [0.15, 0.2) is 0 Å². The van der Waals surface area contributed by atoms with Crippen LogP contribution >= 0.6 is 16.4 Å². The fourth-order valence-electron chi connectivity index (χ4n) is 0. The van der Waals surface area contributed by atoms with E-state index in [-0.39, 0.29) is 70.9 Å². The van der Waals surface area contributed by atoms with Gasteiger partial charge < -0.3 is 1.43 Å². The van der Waals surface area contributed by atoms with Crippen molar-refractivity contribution in [1.82, 2.24) is 0 Å². The first-order chi connectivity index (χ1) is 1.00. The Kier molecular flexibility index (Phi) is 68.2. The van der Waals surface area contributed by atoms with E-state index in [1.807, 2.05) is 0 Å². The van der Waals surface area contributed by atoms with Gasteiger partial charge in [0.1, 0.15) is 0 Å². The van der Waals surface area contributed by atoms with Crippen LogP contribution in [0.4, 0.5) is 3.56 Å². The average Bonchev–Trinajstić information content (AvgIpc) is 1.00. The van der Waals surface area contributed by atoms with Gasteiger partial charge in [-0.2, -0.15) is 3.56 Å². The van der Waals surface area contributed by atoms with E-state index in [4.69, 9.17) is 0 Å². The summed E-state index contributed by atoms with van der Waals surface area (Å²) in [4.78, 5) is 0. The van der Waals surface area contributed by atoms with Crippen molar-refractivity contribution in [2.75, 3.05) is 0 Å². The van der Waals surface area contributed by atoms with Crippen LogP contribution in [-0.2, 0) is 0 Å². The van der Waals surface area contributed by atoms with Crippen LogP contribution in [0.5, 0.6) is 0 Å². The van der Waals surface area contributed by atoms with Crippen LogP contribution in [0.25, 0.3) is 0 Å². The van der Waals surface area contributed by atoms with Gasteiger partial charge in [0, 0.05) is 39.9 Å². The zero-order valence-electron chi connectivity index (χ0n) is 3.11. The van der Waals surface area contributed by atoms with Gasteiger partial charge in [0.25, 0.3) is 0 Å². The van der Waals surface area contributed by atoms with E-state index in [0.717, 1.165) is 0 Å². The van der Waals surface area contributed by atoms with E-state index in [2.05, 4.69) is 0 Å². The van der Waals surface area contributed by atoms with Crippen molar-refractivity contribution in [3.63, 3.8) is 0 Å². The zero-order valence-corrected chi connectivity index (χ0v) is 7.96. The van der Waals surface area contributed by atoms with Gasteiger partial charge in [0.15, 0.2) is 16.4 Å². The first-order valence-corrected chi connectivity index (χ1v) is 0.742. The molecule has 0 spiro atoms. The molecule has 0 bridgehead atoms. The third-order valence-corrected chi connectivity index (χ3v) is 0. The molecule has 0 radical (unpaired) electrons. The molecule has 0 nitrogen and oxygen atoms in total. The SMILES string of the molecule is FBr.[Gd].[H-].[Na+]. The molecule has 4 heavy (non-hydrogen) atoms. The molecule has 24 valence electrons. The molecule has 0 atom stereocenters. The third-order valence-electron chi connectivity index (χ3n) is 0. The number of hydrogen-bond donors (Lipinski definition) is 0. The van der Waals surface area contributed by atoms with Crippen molar-refractivity contribution >= 4 is 16.4 Å². The van der Waals surface area contributed by atoms with Crippen molar-refractivity contribution in [3.8, 4) is 0 Å². The molecular weight excluding hydrogens is 279 g/mol. The van der Waals surface area contributed by atoms with E-state index in [1.165, 1.54) is 16.4 Å². The molecule has 0 saturated carbocycles. The normalized spacial score (nSPS) is 1.50. The Bertz CT molecular complexity index is 11.6. The average molecular weight is 280 g/mol. The number of halogens is 2. The Labute approximate surface area is 89.0 Å². The number of rotatable bonds is 0. The molecule has 0 aliphatic rings. The Hall–Kier alpha value is 2.73. The van der Waals surface area contributed by atoms with E-state index >= 15 is 0 Å². The standard InChI is InChI=1S/BrF.Gd.Na.H/c1-2;;;/q;;+1;-1. The maximum Gasteiger partial charge on any atom is 1.00 e. The minimum atomic E-state index is 0. The Morgan fingerprint density at radius 3 is 1.50 bits per heavy atom. The van der Waals surface area contributed by atoms with Gasteiger partial charge in [-0.15, -0.1) is 0 Å². The van der Waals surface area contributed by atoms with Crippen molar-refractivity contribution in [3.05, 3.63) is 0 Å². The van der Waals surface area contributed by atoms with Gasteiger partial charge >= 0.3 is 29.6 Å². The maximum absolute atomic E-state index is 9.31. The van der Waals surface area contributed by atoms with Gasteiger partial charge in [0.05, 0.1) is 0 Å². The second kappa shape index (κ2) is 17.2. The van der Waals surface area contributed by atoms with Gasteiger partial charge in [-0.25, -0.2) is 0 Å². The molecule has 0 aliphatic heterocycles. The van der Waals surface area contributed by atoms with Crippen LogP contribution in [0.2, 0.25) is 0 Å². The number of hydrogen-bond acceptors (Lipinski definition) is 0. The van der Waals surface area contributed by atoms with Gasteiger partial charge in [-0.05, 0) is 0 Å². The van der Waals surface area contributed by atoms with E-state index in [9.17, 15) is 3.56 Å². The Balaban J connectivity index is -0.00000000167. The van der Waals surface area contributed by atoms with Crippen molar-refractivity contribution in [2.24, 2.45) is 0 Å². The molecular formula is HBrFGdNa. The van der Waals surface area contributed by atoms with Crippen molar-refractivity contribution in [1.29, 1.82) is 0 Å². The maximum atomic E-state index is 9.31. The summed E-state index contributed by atoms with van der Waals surface area (Å²) in [6.45, 7) is 0. The van der Waals surface area contributed by atoms with E-state index < -0.39 is 0 Å². The van der Waals surface area contributed by atoms with Gasteiger partial charge in [-0.3, -0.25) is 0 Å². The quantitative estimate of drug-likeness (QED) is 0.468. The molecule has 0 fully saturated rings. The fraction of sp³-hybridized carbons (Fsp3) is 0. The van der Waals surface area contributed by atoms with E-state index in [0.29, 0.717) is 0 Å². The Morgan fingerprint density at radius 1 is 1.50 bits per heavy atom. The molecule has 0 aromatic carbocycles. The summed E-state index contributed by atoms with van der Waals surface area (Å²) in [5, 5.41) is 0. The van der Waals surface area contributed by atoms with E-state index in [1.54, 1.807) is 0 Å². The second-order valence-corrected chi connectivity index (χ2v) is 0. The third kappa shape index (κ3) is 8.83. The molecule has 0 saturated heterocycles. The first kappa shape index (κ1) is 15.9. The molecule has 0 heterocycles. The summed E-state index contributed by atoms with van der Waals surface area (Å²) in [5.74, 6) is 0. The van der Waals surface area contributed by atoms with Gasteiger partial charge in [-0.1, -0.05) is 0 Å². The minimum absolute atomic E-state index is 0. The molecule has 0 aromatic rings. The molecule has 4 heteroatoms.